The van der Waals surface area contributed by atoms with Crippen LogP contribution in [0.2, 0.25) is 0 Å². The summed E-state index contributed by atoms with van der Waals surface area (Å²) in [7, 11) is -3.57. The Hall–Kier alpha value is -0.370. The molecule has 19 heavy (non-hydrogen) atoms. The second-order valence-corrected chi connectivity index (χ2v) is 8.24. The van der Waals surface area contributed by atoms with Gasteiger partial charge in [0.1, 0.15) is 17.3 Å². The molecule has 0 radical (unpaired) electrons. The minimum Gasteiger partial charge on any atom is -0.450 e. The van der Waals surface area contributed by atoms with Crippen molar-refractivity contribution in [3.05, 3.63) is 16.5 Å². The molecule has 2 rings (SSSR count). The molecule has 7 heteroatoms. The third-order valence-electron chi connectivity index (χ3n) is 3.35. The van der Waals surface area contributed by atoms with Crippen molar-refractivity contribution in [3.8, 4) is 0 Å². The van der Waals surface area contributed by atoms with Crippen molar-refractivity contribution < 1.29 is 17.9 Å². The Bertz CT molecular complexity index is 564. The maximum Gasteiger partial charge on any atom is 0.247 e. The van der Waals surface area contributed by atoms with Crippen LogP contribution in [0.5, 0.6) is 0 Å². The molecule has 1 aromatic heterocycles. The lowest BCUT2D eigenvalue weighted by atomic mass is 9.85. The molecule has 1 N–H and O–H groups in total. The van der Waals surface area contributed by atoms with Gasteiger partial charge >= 0.3 is 0 Å². The Morgan fingerprint density at radius 2 is 2.21 bits per heavy atom. The zero-order valence-corrected chi connectivity index (χ0v) is 13.4. The fourth-order valence-corrected chi connectivity index (χ4v) is 4.99. The van der Waals surface area contributed by atoms with E-state index in [1.165, 1.54) is 10.4 Å². The molecule has 0 amide bonds. The predicted octanol–water partition coefficient (Wildman–Crippen LogP) is 2.35. The largest absolute Gasteiger partial charge is 0.450 e. The Balaban J connectivity index is 2.34. The normalized spacial score (nSPS) is 20.6. The van der Waals surface area contributed by atoms with Crippen molar-refractivity contribution in [3.63, 3.8) is 0 Å². The maximum absolute atomic E-state index is 12.6. The summed E-state index contributed by atoms with van der Waals surface area (Å²) in [6, 6.07) is 1.38. The fourth-order valence-electron chi connectivity index (χ4n) is 2.37. The first kappa shape index (κ1) is 15.0. The molecule has 0 saturated carbocycles. The van der Waals surface area contributed by atoms with Gasteiger partial charge in [-0.3, -0.25) is 0 Å². The van der Waals surface area contributed by atoms with Gasteiger partial charge in [0.25, 0.3) is 0 Å². The van der Waals surface area contributed by atoms with Crippen molar-refractivity contribution in [1.29, 1.82) is 0 Å². The van der Waals surface area contributed by atoms with Crippen molar-refractivity contribution in [2.75, 3.05) is 13.1 Å². The van der Waals surface area contributed by atoms with Gasteiger partial charge in [-0.2, -0.15) is 4.31 Å². The van der Waals surface area contributed by atoms with Crippen LogP contribution < -0.4 is 0 Å². The molecular weight excluding hydrogens is 334 g/mol. The van der Waals surface area contributed by atoms with Gasteiger partial charge in [0.05, 0.1) is 0 Å². The molecule has 108 valence electrons. The first-order chi connectivity index (χ1) is 8.76. The average molecular weight is 352 g/mol. The van der Waals surface area contributed by atoms with E-state index in [0.717, 1.165) is 12.8 Å². The standard InChI is InChI=1S/C12H18BrNO4S/c1-12(2)4-3-5-14(8-12)19(16,17)10-6-9(7-15)18-11(10)13/h6,15H,3-5,7-8H2,1-2H3. The van der Waals surface area contributed by atoms with E-state index >= 15 is 0 Å². The van der Waals surface area contributed by atoms with Crippen LogP contribution in [0.25, 0.3) is 0 Å². The number of hydrogen-bond acceptors (Lipinski definition) is 4. The van der Waals surface area contributed by atoms with Crippen molar-refractivity contribution in [2.45, 2.75) is 38.2 Å². The predicted molar refractivity (Wildman–Crippen MR) is 74.1 cm³/mol. The van der Waals surface area contributed by atoms with E-state index in [9.17, 15) is 8.42 Å². The number of sulfonamides is 1. The highest BCUT2D eigenvalue weighted by Gasteiger charge is 2.36. The number of aliphatic hydroxyl groups is 1. The van der Waals surface area contributed by atoms with Gasteiger partial charge in [0.15, 0.2) is 4.67 Å². The minimum atomic E-state index is -3.57. The zero-order chi connectivity index (χ0) is 14.3. The smallest absolute Gasteiger partial charge is 0.247 e. The number of piperidine rings is 1. The third-order valence-corrected chi connectivity index (χ3v) is 6.05. The SMILES string of the molecule is CC1(C)CCCN(S(=O)(=O)c2cc(CO)oc2Br)C1. The zero-order valence-electron chi connectivity index (χ0n) is 11.0. The Morgan fingerprint density at radius 3 is 2.74 bits per heavy atom. The molecule has 1 fully saturated rings. The molecule has 1 aromatic rings. The number of furan rings is 1. The Morgan fingerprint density at radius 1 is 1.53 bits per heavy atom. The molecule has 0 spiro atoms. The monoisotopic (exact) mass is 351 g/mol. The lowest BCUT2D eigenvalue weighted by molar-refractivity contribution is 0.187. The lowest BCUT2D eigenvalue weighted by Gasteiger charge is -2.36. The number of nitrogens with zero attached hydrogens (tertiary/aromatic N) is 1. The maximum atomic E-state index is 12.6. The molecule has 0 aromatic carbocycles. The quantitative estimate of drug-likeness (QED) is 0.907. The first-order valence-electron chi connectivity index (χ1n) is 6.15. The summed E-state index contributed by atoms with van der Waals surface area (Å²) in [5.41, 5.74) is -0.0126. The van der Waals surface area contributed by atoms with Crippen LogP contribution in [0, 0.1) is 5.41 Å². The first-order valence-corrected chi connectivity index (χ1v) is 8.39. The van der Waals surface area contributed by atoms with Gasteiger partial charge in [0.2, 0.25) is 10.0 Å². The van der Waals surface area contributed by atoms with Crippen molar-refractivity contribution in [1.82, 2.24) is 4.31 Å². The van der Waals surface area contributed by atoms with Gasteiger partial charge in [-0.05, 0) is 34.2 Å². The summed E-state index contributed by atoms with van der Waals surface area (Å²) in [6.07, 6.45) is 1.88. The lowest BCUT2D eigenvalue weighted by Crippen LogP contribution is -2.43. The minimum absolute atomic E-state index is 0.0126. The van der Waals surface area contributed by atoms with Gasteiger partial charge in [-0.1, -0.05) is 13.8 Å². The second kappa shape index (κ2) is 5.20. The summed E-state index contributed by atoms with van der Waals surface area (Å²) in [5, 5.41) is 9.01. The van der Waals surface area contributed by atoms with Crippen LogP contribution in [-0.4, -0.2) is 30.9 Å². The Labute approximate surface area is 121 Å². The molecule has 5 nitrogen and oxygen atoms in total. The molecule has 0 aliphatic carbocycles. The Kier molecular flexibility index (Phi) is 4.11. The van der Waals surface area contributed by atoms with Gasteiger partial charge in [-0.25, -0.2) is 8.42 Å². The molecule has 0 atom stereocenters. The van der Waals surface area contributed by atoms with Crippen LogP contribution in [0.1, 0.15) is 32.4 Å². The van der Waals surface area contributed by atoms with Crippen molar-refractivity contribution in [2.24, 2.45) is 5.41 Å². The van der Waals surface area contributed by atoms with E-state index in [-0.39, 0.29) is 27.3 Å². The van der Waals surface area contributed by atoms with Gasteiger partial charge < -0.3 is 9.52 Å². The molecule has 0 unspecified atom stereocenters. The van der Waals surface area contributed by atoms with Crippen molar-refractivity contribution >= 4 is 26.0 Å². The molecule has 0 bridgehead atoms. The fraction of sp³-hybridized carbons (Fsp3) is 0.667. The number of halogens is 1. The van der Waals surface area contributed by atoms with E-state index in [1.54, 1.807) is 0 Å². The topological polar surface area (TPSA) is 70.8 Å². The van der Waals surface area contributed by atoms with Crippen LogP contribution in [0.4, 0.5) is 0 Å². The molecular formula is C12H18BrNO4S. The third kappa shape index (κ3) is 3.04. The summed E-state index contributed by atoms with van der Waals surface area (Å²) < 4.78 is 32.0. The van der Waals surface area contributed by atoms with E-state index in [4.69, 9.17) is 9.52 Å². The number of aliphatic hydroxyl groups excluding tert-OH is 1. The van der Waals surface area contributed by atoms with E-state index in [2.05, 4.69) is 29.8 Å². The summed E-state index contributed by atoms with van der Waals surface area (Å²) in [4.78, 5) is 0.0919. The van der Waals surface area contributed by atoms with Crippen LogP contribution in [0.15, 0.2) is 20.0 Å². The van der Waals surface area contributed by atoms with E-state index in [0.29, 0.717) is 13.1 Å². The van der Waals surface area contributed by atoms with Gasteiger partial charge in [-0.15, -0.1) is 0 Å². The highest BCUT2D eigenvalue weighted by Crippen LogP contribution is 2.34. The van der Waals surface area contributed by atoms with Gasteiger partial charge in [0, 0.05) is 19.2 Å². The summed E-state index contributed by atoms with van der Waals surface area (Å²) in [5.74, 6) is 0.238. The summed E-state index contributed by atoms with van der Waals surface area (Å²) >= 11 is 3.11. The molecule has 1 aliphatic heterocycles. The van der Waals surface area contributed by atoms with Crippen LogP contribution in [0.3, 0.4) is 0 Å². The highest BCUT2D eigenvalue weighted by molar-refractivity contribution is 9.10. The van der Waals surface area contributed by atoms with E-state index in [1.807, 2.05) is 0 Å². The molecule has 1 aliphatic rings. The molecule has 2 heterocycles. The van der Waals surface area contributed by atoms with E-state index < -0.39 is 10.0 Å². The average Bonchev–Trinajstić information content (AvgIpc) is 2.70. The number of hydrogen-bond donors (Lipinski definition) is 1. The highest BCUT2D eigenvalue weighted by atomic mass is 79.9. The molecule has 1 saturated heterocycles. The second-order valence-electron chi connectivity index (χ2n) is 5.62. The number of rotatable bonds is 3. The summed E-state index contributed by atoms with van der Waals surface area (Å²) in [6.45, 7) is 4.84. The van der Waals surface area contributed by atoms with Crippen LogP contribution in [-0.2, 0) is 16.6 Å². The van der Waals surface area contributed by atoms with Crippen LogP contribution >= 0.6 is 15.9 Å².